The highest BCUT2D eigenvalue weighted by Gasteiger charge is 2.21. The summed E-state index contributed by atoms with van der Waals surface area (Å²) in [6.45, 7) is 5.30. The molecule has 0 saturated carbocycles. The van der Waals surface area contributed by atoms with Crippen LogP contribution < -0.4 is 10.5 Å². The maximum Gasteiger partial charge on any atom is 0.306 e. The van der Waals surface area contributed by atoms with Gasteiger partial charge in [-0.25, -0.2) is 9.67 Å². The second-order valence-electron chi connectivity index (χ2n) is 7.69. The predicted octanol–water partition coefficient (Wildman–Crippen LogP) is 1.06. The minimum absolute atomic E-state index is 0.178. The summed E-state index contributed by atoms with van der Waals surface area (Å²) in [7, 11) is 2.06. The van der Waals surface area contributed by atoms with Crippen LogP contribution in [0.1, 0.15) is 19.0 Å². The molecule has 1 fully saturated rings. The molecule has 1 saturated heterocycles. The van der Waals surface area contributed by atoms with E-state index in [1.807, 2.05) is 29.2 Å². The number of rotatable bonds is 7. The van der Waals surface area contributed by atoms with Crippen molar-refractivity contribution in [1.82, 2.24) is 29.4 Å². The molecular formula is C22H27N7O3. The van der Waals surface area contributed by atoms with Crippen LogP contribution in [-0.2, 0) is 16.0 Å². The molecule has 3 aromatic rings. The van der Waals surface area contributed by atoms with Gasteiger partial charge in [-0.1, -0.05) is 5.21 Å². The van der Waals surface area contributed by atoms with Gasteiger partial charge in [-0.2, -0.15) is 0 Å². The van der Waals surface area contributed by atoms with E-state index in [2.05, 4.69) is 27.2 Å². The maximum atomic E-state index is 13.4. The van der Waals surface area contributed by atoms with Gasteiger partial charge < -0.3 is 14.5 Å². The summed E-state index contributed by atoms with van der Waals surface area (Å²) < 4.78 is 8.30. The molecule has 0 aliphatic carbocycles. The summed E-state index contributed by atoms with van der Waals surface area (Å²) in [5, 5.41) is 7.82. The van der Waals surface area contributed by atoms with Crippen LogP contribution >= 0.6 is 0 Å². The van der Waals surface area contributed by atoms with E-state index >= 15 is 0 Å². The van der Waals surface area contributed by atoms with Crippen molar-refractivity contribution in [3.8, 4) is 11.4 Å². The average Bonchev–Trinajstić information content (AvgIpc) is 3.34. The number of hydrogen-bond acceptors (Lipinski definition) is 8. The van der Waals surface area contributed by atoms with Gasteiger partial charge in [-0.15, -0.1) is 5.10 Å². The Morgan fingerprint density at radius 1 is 1.09 bits per heavy atom. The molecule has 3 heterocycles. The minimum Gasteiger partial charge on any atom is -0.466 e. The molecule has 168 valence electrons. The Labute approximate surface area is 186 Å². The number of piperazine rings is 1. The fourth-order valence-corrected chi connectivity index (χ4v) is 3.64. The first-order chi connectivity index (χ1) is 15.5. The fraction of sp³-hybridized carbons (Fsp3) is 0.409. The minimum atomic E-state index is -0.273. The highest BCUT2D eigenvalue weighted by atomic mass is 16.5. The Morgan fingerprint density at radius 2 is 1.81 bits per heavy atom. The maximum absolute atomic E-state index is 13.4. The normalized spacial score (nSPS) is 14.5. The molecule has 0 atom stereocenters. The molecule has 0 spiro atoms. The molecule has 32 heavy (non-hydrogen) atoms. The van der Waals surface area contributed by atoms with Gasteiger partial charge in [0, 0.05) is 44.5 Å². The molecule has 0 N–H and O–H groups in total. The van der Waals surface area contributed by atoms with Gasteiger partial charge in [0.05, 0.1) is 36.8 Å². The van der Waals surface area contributed by atoms with Crippen molar-refractivity contribution >= 4 is 11.8 Å². The molecule has 0 bridgehead atoms. The van der Waals surface area contributed by atoms with Crippen molar-refractivity contribution in [2.24, 2.45) is 0 Å². The number of esters is 1. The zero-order valence-electron chi connectivity index (χ0n) is 18.3. The van der Waals surface area contributed by atoms with Crippen LogP contribution in [0.25, 0.3) is 11.4 Å². The predicted molar refractivity (Wildman–Crippen MR) is 119 cm³/mol. The van der Waals surface area contributed by atoms with Crippen molar-refractivity contribution in [3.63, 3.8) is 0 Å². The van der Waals surface area contributed by atoms with E-state index < -0.39 is 0 Å². The van der Waals surface area contributed by atoms with Crippen molar-refractivity contribution in [2.45, 2.75) is 19.8 Å². The molecule has 1 aromatic carbocycles. The van der Waals surface area contributed by atoms with Gasteiger partial charge >= 0.3 is 5.97 Å². The summed E-state index contributed by atoms with van der Waals surface area (Å²) in [5.41, 5.74) is 2.05. The second kappa shape index (κ2) is 9.73. The number of aryl methyl sites for hydroxylation is 1. The smallest absolute Gasteiger partial charge is 0.306 e. The molecular weight excluding hydrogens is 410 g/mol. The average molecular weight is 438 g/mol. The largest absolute Gasteiger partial charge is 0.466 e. The van der Waals surface area contributed by atoms with Crippen molar-refractivity contribution in [3.05, 3.63) is 58.9 Å². The summed E-state index contributed by atoms with van der Waals surface area (Å²) >= 11 is 0. The highest BCUT2D eigenvalue weighted by molar-refractivity contribution is 5.69. The van der Waals surface area contributed by atoms with Crippen LogP contribution in [0.2, 0.25) is 0 Å². The molecule has 0 radical (unpaired) electrons. The topological polar surface area (TPSA) is 98.4 Å². The van der Waals surface area contributed by atoms with Crippen LogP contribution in [0.3, 0.4) is 0 Å². The SMILES string of the molecule is CCOC(=O)CCc1cn(-c2ccc(-n3ccnn3)cc2)c(=O)c(N2CCN(C)CC2)n1. The van der Waals surface area contributed by atoms with E-state index in [1.54, 1.807) is 34.8 Å². The van der Waals surface area contributed by atoms with Crippen LogP contribution in [0, 0.1) is 0 Å². The van der Waals surface area contributed by atoms with Gasteiger partial charge in [-0.05, 0) is 38.2 Å². The zero-order chi connectivity index (χ0) is 22.5. The lowest BCUT2D eigenvalue weighted by atomic mass is 10.2. The number of carbonyl (C=O) groups is 1. The molecule has 0 unspecified atom stereocenters. The second-order valence-corrected chi connectivity index (χ2v) is 7.69. The van der Waals surface area contributed by atoms with Gasteiger partial charge in [0.2, 0.25) is 0 Å². The van der Waals surface area contributed by atoms with Gasteiger partial charge in [0.15, 0.2) is 5.82 Å². The Hall–Kier alpha value is -3.53. The third-order valence-electron chi connectivity index (χ3n) is 5.45. The van der Waals surface area contributed by atoms with E-state index in [-0.39, 0.29) is 17.9 Å². The summed E-state index contributed by atoms with van der Waals surface area (Å²) in [5.74, 6) is 0.144. The molecule has 4 rings (SSSR count). The van der Waals surface area contributed by atoms with E-state index in [0.29, 0.717) is 30.2 Å². The van der Waals surface area contributed by atoms with E-state index in [9.17, 15) is 9.59 Å². The monoisotopic (exact) mass is 437 g/mol. The summed E-state index contributed by atoms with van der Waals surface area (Å²) in [6, 6.07) is 7.48. The number of ether oxygens (including phenoxy) is 1. The molecule has 10 heteroatoms. The number of carbonyl (C=O) groups excluding carboxylic acids is 1. The summed E-state index contributed by atoms with van der Waals surface area (Å²) in [4.78, 5) is 34.1. The first kappa shape index (κ1) is 21.7. The van der Waals surface area contributed by atoms with Crippen molar-refractivity contribution in [1.29, 1.82) is 0 Å². The highest BCUT2D eigenvalue weighted by Crippen LogP contribution is 2.16. The van der Waals surface area contributed by atoms with E-state index in [1.165, 1.54) is 0 Å². The molecule has 2 aromatic heterocycles. The molecule has 10 nitrogen and oxygen atoms in total. The Morgan fingerprint density at radius 3 is 2.47 bits per heavy atom. The first-order valence-electron chi connectivity index (χ1n) is 10.7. The third kappa shape index (κ3) is 4.86. The van der Waals surface area contributed by atoms with Crippen molar-refractivity contribution in [2.75, 3.05) is 44.7 Å². The molecule has 0 amide bonds. The number of anilines is 1. The van der Waals surface area contributed by atoms with Crippen LogP contribution in [-0.4, -0.2) is 75.2 Å². The standard InChI is InChI=1S/C22H27N7O3/c1-3-32-20(30)9-4-17-16-28(18-5-7-19(8-6-18)29-11-10-23-25-29)22(31)21(24-17)27-14-12-26(2)13-15-27/h5-8,10-11,16H,3-4,9,12-15H2,1-2H3. The van der Waals surface area contributed by atoms with Crippen LogP contribution in [0.5, 0.6) is 0 Å². The van der Waals surface area contributed by atoms with E-state index in [0.717, 1.165) is 31.9 Å². The van der Waals surface area contributed by atoms with Crippen molar-refractivity contribution < 1.29 is 9.53 Å². The summed E-state index contributed by atoms with van der Waals surface area (Å²) in [6.07, 6.45) is 5.70. The number of likely N-dealkylation sites (N-methyl/N-ethyl adjacent to an activating group) is 1. The Kier molecular flexibility index (Phi) is 6.60. The lowest BCUT2D eigenvalue weighted by Crippen LogP contribution is -2.47. The fourth-order valence-electron chi connectivity index (χ4n) is 3.64. The lowest BCUT2D eigenvalue weighted by molar-refractivity contribution is -0.143. The Balaban J connectivity index is 1.68. The lowest BCUT2D eigenvalue weighted by Gasteiger charge is -2.33. The van der Waals surface area contributed by atoms with Crippen LogP contribution in [0.15, 0.2) is 47.7 Å². The quantitative estimate of drug-likeness (QED) is 0.506. The third-order valence-corrected chi connectivity index (χ3v) is 5.45. The number of benzene rings is 1. The Bertz CT molecular complexity index is 1100. The number of nitrogens with zero attached hydrogens (tertiary/aromatic N) is 7. The van der Waals surface area contributed by atoms with Gasteiger partial charge in [-0.3, -0.25) is 14.2 Å². The number of aromatic nitrogens is 5. The molecule has 1 aliphatic rings. The first-order valence-corrected chi connectivity index (χ1v) is 10.7. The molecule has 1 aliphatic heterocycles. The van der Waals surface area contributed by atoms with Gasteiger partial charge in [0.1, 0.15) is 0 Å². The zero-order valence-corrected chi connectivity index (χ0v) is 18.3. The van der Waals surface area contributed by atoms with Crippen LogP contribution in [0.4, 0.5) is 5.82 Å². The van der Waals surface area contributed by atoms with Gasteiger partial charge in [0.25, 0.3) is 5.56 Å². The van der Waals surface area contributed by atoms with E-state index in [4.69, 9.17) is 4.74 Å². The number of hydrogen-bond donors (Lipinski definition) is 0.